The largest absolute Gasteiger partial charge is 0.480 e. The summed E-state index contributed by atoms with van der Waals surface area (Å²) in [4.78, 5) is 24.0. The summed E-state index contributed by atoms with van der Waals surface area (Å²) >= 11 is 0. The van der Waals surface area contributed by atoms with Gasteiger partial charge < -0.3 is 20.1 Å². The summed E-state index contributed by atoms with van der Waals surface area (Å²) < 4.78 is 4.86. The molecule has 0 aliphatic heterocycles. The number of urea groups is 1. The molecule has 18 heavy (non-hydrogen) atoms. The number of carbonyl (C=O) groups is 2. The van der Waals surface area contributed by atoms with Gasteiger partial charge in [-0.3, -0.25) is 0 Å². The molecule has 0 saturated heterocycles. The molecular formula is C12H18N2O4. The molecule has 0 bridgehead atoms. The molecule has 1 unspecified atom stereocenters. The van der Waals surface area contributed by atoms with Crippen LogP contribution in [0, 0.1) is 12.3 Å². The van der Waals surface area contributed by atoms with Gasteiger partial charge in [0.15, 0.2) is 0 Å². The van der Waals surface area contributed by atoms with Crippen molar-refractivity contribution in [2.75, 3.05) is 26.8 Å². The predicted octanol–water partition coefficient (Wildman–Crippen LogP) is 0.307. The molecule has 2 amide bonds. The van der Waals surface area contributed by atoms with Gasteiger partial charge in [-0.1, -0.05) is 6.08 Å². The zero-order chi connectivity index (χ0) is 14.0. The molecule has 2 N–H and O–H groups in total. The van der Waals surface area contributed by atoms with E-state index in [0.717, 1.165) is 0 Å². The van der Waals surface area contributed by atoms with Gasteiger partial charge in [0.25, 0.3) is 0 Å². The van der Waals surface area contributed by atoms with Crippen LogP contribution in [0.25, 0.3) is 0 Å². The van der Waals surface area contributed by atoms with E-state index in [2.05, 4.69) is 17.8 Å². The third-order valence-corrected chi connectivity index (χ3v) is 2.12. The zero-order valence-electron chi connectivity index (χ0n) is 10.4. The van der Waals surface area contributed by atoms with E-state index in [4.69, 9.17) is 16.3 Å². The monoisotopic (exact) mass is 254 g/mol. The highest BCUT2D eigenvalue weighted by Gasteiger charge is 2.21. The Bertz CT molecular complexity index is 335. The average molecular weight is 254 g/mol. The van der Waals surface area contributed by atoms with E-state index in [0.29, 0.717) is 19.7 Å². The summed E-state index contributed by atoms with van der Waals surface area (Å²) in [6, 6.07) is -1.59. The lowest BCUT2D eigenvalue weighted by atomic mass is 10.2. The van der Waals surface area contributed by atoms with Crippen molar-refractivity contribution >= 4 is 12.0 Å². The number of terminal acetylenes is 1. The van der Waals surface area contributed by atoms with Crippen molar-refractivity contribution in [2.45, 2.75) is 12.5 Å². The minimum absolute atomic E-state index is 0.0622. The molecular weight excluding hydrogens is 236 g/mol. The molecule has 100 valence electrons. The van der Waals surface area contributed by atoms with Gasteiger partial charge >= 0.3 is 12.0 Å². The Kier molecular flexibility index (Phi) is 8.07. The van der Waals surface area contributed by atoms with E-state index >= 15 is 0 Å². The standard InChI is InChI=1S/C12H18N2O4/c1-4-6-10(11(15)16)13-12(17)14(7-5-2)8-9-18-3/h1,5,10H,2,6-9H2,3H3,(H,13,17)(H,15,16). The number of hydrogen-bond donors (Lipinski definition) is 2. The first-order chi connectivity index (χ1) is 8.56. The van der Waals surface area contributed by atoms with Crippen LogP contribution < -0.4 is 5.32 Å². The van der Waals surface area contributed by atoms with Crippen molar-refractivity contribution in [2.24, 2.45) is 0 Å². The maximum atomic E-state index is 11.8. The van der Waals surface area contributed by atoms with Gasteiger partial charge in [0.1, 0.15) is 6.04 Å². The number of ether oxygens (including phenoxy) is 1. The molecule has 0 aliphatic carbocycles. The first kappa shape index (κ1) is 16.0. The van der Waals surface area contributed by atoms with Crippen molar-refractivity contribution in [3.8, 4) is 12.3 Å². The van der Waals surface area contributed by atoms with Crippen LogP contribution in [0.5, 0.6) is 0 Å². The molecule has 1 atom stereocenters. The smallest absolute Gasteiger partial charge is 0.327 e. The second-order valence-corrected chi connectivity index (χ2v) is 3.48. The van der Waals surface area contributed by atoms with Gasteiger partial charge in [-0.05, 0) is 0 Å². The average Bonchev–Trinajstić information content (AvgIpc) is 2.33. The number of carbonyl (C=O) groups excluding carboxylic acids is 1. The fraction of sp³-hybridized carbons (Fsp3) is 0.500. The Hall–Kier alpha value is -2.00. The Balaban J connectivity index is 4.50. The van der Waals surface area contributed by atoms with Crippen LogP contribution in [-0.4, -0.2) is 54.9 Å². The van der Waals surface area contributed by atoms with Gasteiger partial charge in [-0.25, -0.2) is 9.59 Å². The van der Waals surface area contributed by atoms with E-state index < -0.39 is 18.0 Å². The third kappa shape index (κ3) is 5.92. The lowest BCUT2D eigenvalue weighted by Crippen LogP contribution is -2.48. The molecule has 0 fully saturated rings. The van der Waals surface area contributed by atoms with Crippen LogP contribution in [0.15, 0.2) is 12.7 Å². The van der Waals surface area contributed by atoms with E-state index in [1.807, 2.05) is 0 Å². The second kappa shape index (κ2) is 9.07. The summed E-state index contributed by atoms with van der Waals surface area (Å²) in [6.07, 6.45) is 6.53. The van der Waals surface area contributed by atoms with Gasteiger partial charge in [-0.15, -0.1) is 18.9 Å². The van der Waals surface area contributed by atoms with Gasteiger partial charge in [0.2, 0.25) is 0 Å². The van der Waals surface area contributed by atoms with Crippen LogP contribution in [0.2, 0.25) is 0 Å². The maximum absolute atomic E-state index is 11.8. The second-order valence-electron chi connectivity index (χ2n) is 3.48. The Labute approximate surface area is 107 Å². The number of methoxy groups -OCH3 is 1. The summed E-state index contributed by atoms with van der Waals surface area (Å²) in [6.45, 7) is 4.53. The SMILES string of the molecule is C#CCC(NC(=O)N(CC=C)CCOC)C(=O)O. The summed E-state index contributed by atoms with van der Waals surface area (Å²) in [5.41, 5.74) is 0. The molecule has 6 heteroatoms. The highest BCUT2D eigenvalue weighted by atomic mass is 16.5. The molecule has 0 spiro atoms. The molecule has 0 aliphatic rings. The molecule has 0 saturated carbocycles. The predicted molar refractivity (Wildman–Crippen MR) is 67.1 cm³/mol. The number of carboxylic acids is 1. The normalized spacial score (nSPS) is 11.1. The Morgan fingerprint density at radius 1 is 1.67 bits per heavy atom. The lowest BCUT2D eigenvalue weighted by Gasteiger charge is -2.23. The molecule has 6 nitrogen and oxygen atoms in total. The van der Waals surface area contributed by atoms with Crippen LogP contribution in [0.1, 0.15) is 6.42 Å². The van der Waals surface area contributed by atoms with Crippen molar-refractivity contribution < 1.29 is 19.4 Å². The summed E-state index contributed by atoms with van der Waals surface area (Å²) in [5.74, 6) is 1.05. The molecule has 0 heterocycles. The molecule has 0 radical (unpaired) electrons. The van der Waals surface area contributed by atoms with E-state index in [-0.39, 0.29) is 6.42 Å². The van der Waals surface area contributed by atoms with Crippen LogP contribution in [0.3, 0.4) is 0 Å². The van der Waals surface area contributed by atoms with Crippen molar-refractivity contribution in [3.05, 3.63) is 12.7 Å². The molecule has 0 aromatic carbocycles. The maximum Gasteiger partial charge on any atom is 0.327 e. The van der Waals surface area contributed by atoms with Gasteiger partial charge in [0, 0.05) is 26.6 Å². The minimum atomic E-state index is -1.16. The van der Waals surface area contributed by atoms with Crippen LogP contribution >= 0.6 is 0 Å². The molecule has 0 rings (SSSR count). The number of nitrogens with zero attached hydrogens (tertiary/aromatic N) is 1. The van der Waals surface area contributed by atoms with Crippen molar-refractivity contribution in [1.29, 1.82) is 0 Å². The quantitative estimate of drug-likeness (QED) is 0.482. The van der Waals surface area contributed by atoms with E-state index in [9.17, 15) is 9.59 Å². The lowest BCUT2D eigenvalue weighted by molar-refractivity contribution is -0.139. The topological polar surface area (TPSA) is 78.9 Å². The number of nitrogens with one attached hydrogen (secondary N) is 1. The van der Waals surface area contributed by atoms with Crippen molar-refractivity contribution in [1.82, 2.24) is 10.2 Å². The number of hydrogen-bond acceptors (Lipinski definition) is 3. The fourth-order valence-electron chi connectivity index (χ4n) is 1.19. The highest BCUT2D eigenvalue weighted by Crippen LogP contribution is 1.96. The molecule has 0 aromatic heterocycles. The van der Waals surface area contributed by atoms with Crippen LogP contribution in [-0.2, 0) is 9.53 Å². The number of carboxylic acid groups (broad SMARTS) is 1. The van der Waals surface area contributed by atoms with Gasteiger partial charge in [0.05, 0.1) is 6.61 Å². The fourth-order valence-corrected chi connectivity index (χ4v) is 1.19. The number of aliphatic carboxylic acids is 1. The first-order valence-electron chi connectivity index (χ1n) is 5.38. The first-order valence-corrected chi connectivity index (χ1v) is 5.38. The third-order valence-electron chi connectivity index (χ3n) is 2.12. The number of rotatable bonds is 8. The van der Waals surface area contributed by atoms with E-state index in [1.165, 1.54) is 12.0 Å². The summed E-state index contributed by atoms with van der Waals surface area (Å²) in [5, 5.41) is 11.2. The summed E-state index contributed by atoms with van der Waals surface area (Å²) in [7, 11) is 1.52. The Morgan fingerprint density at radius 3 is 2.78 bits per heavy atom. The van der Waals surface area contributed by atoms with Crippen molar-refractivity contribution in [3.63, 3.8) is 0 Å². The minimum Gasteiger partial charge on any atom is -0.480 e. The van der Waals surface area contributed by atoms with E-state index in [1.54, 1.807) is 6.08 Å². The molecule has 0 aromatic rings. The zero-order valence-corrected chi connectivity index (χ0v) is 10.4. The number of amides is 2. The van der Waals surface area contributed by atoms with Crippen LogP contribution in [0.4, 0.5) is 4.79 Å². The van der Waals surface area contributed by atoms with Gasteiger partial charge in [-0.2, -0.15) is 0 Å². The Morgan fingerprint density at radius 2 is 2.33 bits per heavy atom. The highest BCUT2D eigenvalue weighted by molar-refractivity contribution is 5.82.